The first-order valence-electron chi connectivity index (χ1n) is 15.7. The maximum absolute atomic E-state index is 9.40. The van der Waals surface area contributed by atoms with Crippen molar-refractivity contribution in [1.29, 1.82) is 5.26 Å². The number of fused-ring (bicyclic) bond motifs is 4. The van der Waals surface area contributed by atoms with Crippen LogP contribution in [0.5, 0.6) is 0 Å². The minimum atomic E-state index is 0.682. The van der Waals surface area contributed by atoms with Gasteiger partial charge in [0.1, 0.15) is 0 Å². The summed E-state index contributed by atoms with van der Waals surface area (Å²) in [5.74, 6) is 0. The molecule has 8 aromatic carbocycles. The second-order valence-corrected chi connectivity index (χ2v) is 12.0. The topological polar surface area (TPSA) is 23.8 Å². The number of nitrogens with zero attached hydrogens (tertiary/aromatic N) is 1. The minimum Gasteiger partial charge on any atom is -0.192 e. The smallest absolute Gasteiger partial charge is 0.0991 e. The molecule has 0 aromatic heterocycles. The van der Waals surface area contributed by atoms with Crippen molar-refractivity contribution in [3.05, 3.63) is 169 Å². The highest BCUT2D eigenvalue weighted by Gasteiger charge is 2.30. The Balaban J connectivity index is 1.38. The third-order valence-corrected chi connectivity index (χ3v) is 9.42. The Bertz CT molecular complexity index is 2500. The van der Waals surface area contributed by atoms with Gasteiger partial charge in [0.25, 0.3) is 0 Å². The molecule has 46 heavy (non-hydrogen) atoms. The zero-order chi connectivity index (χ0) is 30.6. The van der Waals surface area contributed by atoms with Crippen molar-refractivity contribution in [1.82, 2.24) is 0 Å². The van der Waals surface area contributed by atoms with Gasteiger partial charge in [0.15, 0.2) is 0 Å². The van der Waals surface area contributed by atoms with Gasteiger partial charge in [-0.2, -0.15) is 5.26 Å². The lowest BCUT2D eigenvalue weighted by Gasteiger charge is -2.20. The molecular formula is C45H27N. The van der Waals surface area contributed by atoms with Crippen LogP contribution in [0.25, 0.3) is 88.3 Å². The van der Waals surface area contributed by atoms with E-state index in [0.29, 0.717) is 5.56 Å². The third kappa shape index (κ3) is 4.02. The second-order valence-electron chi connectivity index (χ2n) is 12.0. The lowest BCUT2D eigenvalue weighted by atomic mass is 9.82. The van der Waals surface area contributed by atoms with Gasteiger partial charge in [-0.05, 0) is 113 Å². The monoisotopic (exact) mass is 581 g/mol. The quantitative estimate of drug-likeness (QED) is 0.203. The first-order valence-corrected chi connectivity index (χ1v) is 15.7. The van der Waals surface area contributed by atoms with Crippen LogP contribution < -0.4 is 0 Å². The van der Waals surface area contributed by atoms with E-state index in [1.807, 2.05) is 12.1 Å². The molecule has 1 heteroatoms. The van der Waals surface area contributed by atoms with E-state index < -0.39 is 0 Å². The fourth-order valence-electron chi connectivity index (χ4n) is 7.39. The number of benzene rings is 8. The molecule has 212 valence electrons. The molecule has 0 radical (unpaired) electrons. The van der Waals surface area contributed by atoms with Crippen LogP contribution in [0.2, 0.25) is 0 Å². The molecule has 0 N–H and O–H groups in total. The number of hydrogen-bond donors (Lipinski definition) is 0. The van der Waals surface area contributed by atoms with E-state index in [4.69, 9.17) is 0 Å². The van der Waals surface area contributed by atoms with E-state index >= 15 is 0 Å². The molecule has 0 saturated heterocycles. The van der Waals surface area contributed by atoms with Gasteiger partial charge in [0.05, 0.1) is 11.6 Å². The maximum atomic E-state index is 9.40. The first kappa shape index (κ1) is 26.2. The summed E-state index contributed by atoms with van der Waals surface area (Å²) < 4.78 is 0. The molecule has 0 heterocycles. The fourth-order valence-corrected chi connectivity index (χ4v) is 7.39. The average molecular weight is 582 g/mol. The highest BCUT2D eigenvalue weighted by molar-refractivity contribution is 6.24. The molecule has 0 unspecified atom stereocenters. The van der Waals surface area contributed by atoms with E-state index in [-0.39, 0.29) is 0 Å². The summed E-state index contributed by atoms with van der Waals surface area (Å²) in [4.78, 5) is 0. The van der Waals surface area contributed by atoms with Crippen LogP contribution in [0.4, 0.5) is 0 Å². The fraction of sp³-hybridized carbons (Fsp3) is 0. The van der Waals surface area contributed by atoms with Gasteiger partial charge >= 0.3 is 0 Å². The van der Waals surface area contributed by atoms with Crippen molar-refractivity contribution < 1.29 is 0 Å². The summed E-state index contributed by atoms with van der Waals surface area (Å²) in [5, 5.41) is 14.2. The molecule has 0 atom stereocenters. The predicted molar refractivity (Wildman–Crippen MR) is 192 cm³/mol. The van der Waals surface area contributed by atoms with E-state index in [2.05, 4.69) is 158 Å². The largest absolute Gasteiger partial charge is 0.192 e. The van der Waals surface area contributed by atoms with Gasteiger partial charge in [-0.1, -0.05) is 140 Å². The van der Waals surface area contributed by atoms with Crippen molar-refractivity contribution in [2.24, 2.45) is 0 Å². The van der Waals surface area contributed by atoms with Crippen molar-refractivity contribution >= 4 is 21.5 Å². The summed E-state index contributed by atoms with van der Waals surface area (Å²) in [7, 11) is 0. The lowest BCUT2D eigenvalue weighted by molar-refractivity contribution is 1.50. The molecule has 9 rings (SSSR count). The van der Waals surface area contributed by atoms with Gasteiger partial charge in [0.2, 0.25) is 0 Å². The normalized spacial score (nSPS) is 11.5. The summed E-state index contributed by atoms with van der Waals surface area (Å²) in [6.07, 6.45) is 0. The van der Waals surface area contributed by atoms with Crippen LogP contribution in [0.1, 0.15) is 5.56 Å². The van der Waals surface area contributed by atoms with E-state index in [0.717, 1.165) is 10.8 Å². The number of nitriles is 1. The van der Waals surface area contributed by atoms with E-state index in [1.54, 1.807) is 0 Å². The molecule has 0 bridgehead atoms. The molecule has 0 spiro atoms. The zero-order valence-corrected chi connectivity index (χ0v) is 25.0. The molecule has 0 amide bonds. The van der Waals surface area contributed by atoms with Crippen LogP contribution >= 0.6 is 0 Å². The molecule has 8 aromatic rings. The number of rotatable bonds is 4. The van der Waals surface area contributed by atoms with Crippen LogP contribution in [-0.4, -0.2) is 0 Å². The highest BCUT2D eigenvalue weighted by atomic mass is 14.3. The molecular weight excluding hydrogens is 555 g/mol. The summed E-state index contributed by atoms with van der Waals surface area (Å²) in [6.45, 7) is 0. The minimum absolute atomic E-state index is 0.682. The number of hydrogen-bond acceptors (Lipinski definition) is 1. The first-order chi connectivity index (χ1) is 22.8. The van der Waals surface area contributed by atoms with Crippen molar-refractivity contribution in [2.45, 2.75) is 0 Å². The molecule has 0 aliphatic heterocycles. The summed E-state index contributed by atoms with van der Waals surface area (Å²) in [5.41, 5.74) is 15.6. The van der Waals surface area contributed by atoms with Crippen molar-refractivity contribution in [3.63, 3.8) is 0 Å². The summed E-state index contributed by atoms with van der Waals surface area (Å²) >= 11 is 0. The Kier molecular flexibility index (Phi) is 5.95. The highest BCUT2D eigenvalue weighted by Crippen LogP contribution is 2.58. The molecule has 1 aliphatic carbocycles. The Hall–Kier alpha value is -6.23. The third-order valence-electron chi connectivity index (χ3n) is 9.42. The zero-order valence-electron chi connectivity index (χ0n) is 25.0. The maximum Gasteiger partial charge on any atom is 0.0991 e. The molecule has 1 aliphatic rings. The van der Waals surface area contributed by atoms with Gasteiger partial charge < -0.3 is 0 Å². The van der Waals surface area contributed by atoms with E-state index in [1.165, 1.54) is 77.5 Å². The van der Waals surface area contributed by atoms with Crippen LogP contribution in [0.15, 0.2) is 164 Å². The molecule has 0 saturated carbocycles. The molecule has 1 nitrogen and oxygen atoms in total. The van der Waals surface area contributed by atoms with Crippen molar-refractivity contribution in [2.75, 3.05) is 0 Å². The molecule has 0 fully saturated rings. The Labute approximate surface area is 268 Å². The predicted octanol–water partition coefficient (Wildman–Crippen LogP) is 12.2. The lowest BCUT2D eigenvalue weighted by Crippen LogP contribution is -1.94. The van der Waals surface area contributed by atoms with Gasteiger partial charge in [-0.15, -0.1) is 0 Å². The summed E-state index contributed by atoms with van der Waals surface area (Å²) in [6, 6.07) is 61.1. The van der Waals surface area contributed by atoms with E-state index in [9.17, 15) is 5.26 Å². The van der Waals surface area contributed by atoms with Gasteiger partial charge in [-0.3, -0.25) is 0 Å². The van der Waals surface area contributed by atoms with Gasteiger partial charge in [-0.25, -0.2) is 0 Å². The Morgan fingerprint density at radius 1 is 0.348 bits per heavy atom. The van der Waals surface area contributed by atoms with Crippen LogP contribution in [0, 0.1) is 11.3 Å². The van der Waals surface area contributed by atoms with Crippen LogP contribution in [0.3, 0.4) is 0 Å². The second kappa shape index (κ2) is 10.4. The average Bonchev–Trinajstić information content (AvgIpc) is 3.47. The standard InChI is InChI=1S/C45H27N/c46-28-29-19-20-34-26-35(22-21-33(34)25-29)36-23-24-39-43-37(36)17-10-18-38(43)45-42(32-15-8-3-9-16-32)40(30-11-4-1-5-12-30)27-41(44(39)45)31-13-6-2-7-14-31/h1-27H. The SMILES string of the molecule is N#Cc1ccc2cc(-c3ccc4c5c(cccc35)-c3c(-c5ccccc5)c(-c5ccccc5)cc(-c5ccccc5)c3-4)ccc2c1. The Morgan fingerprint density at radius 2 is 0.935 bits per heavy atom. The van der Waals surface area contributed by atoms with Crippen molar-refractivity contribution in [3.8, 4) is 72.8 Å². The Morgan fingerprint density at radius 3 is 1.63 bits per heavy atom. The van der Waals surface area contributed by atoms with Gasteiger partial charge in [0, 0.05) is 0 Å². The van der Waals surface area contributed by atoms with Crippen LogP contribution in [-0.2, 0) is 0 Å².